The molecule has 0 spiro atoms. The van der Waals surface area contributed by atoms with Crippen LogP contribution in [-0.2, 0) is 9.59 Å². The van der Waals surface area contributed by atoms with E-state index >= 15 is 0 Å². The molecule has 0 saturated heterocycles. The standard InChI is InChI=1S/C14H30N4O2/c1-13(19)17-11-5-9-15-7-3-4-8-16-10-6-12-18-14(2)20/h15-16H,3-12H2,1-2H3,(H,17,19)(H,18,20)/p+2. The molecule has 0 radical (unpaired) electrons. The Balaban J connectivity index is 2.99. The Bertz CT molecular complexity index is 234. The van der Waals surface area contributed by atoms with Crippen molar-refractivity contribution in [1.29, 1.82) is 0 Å². The van der Waals surface area contributed by atoms with Gasteiger partial charge in [-0.15, -0.1) is 0 Å². The van der Waals surface area contributed by atoms with Crippen LogP contribution >= 0.6 is 0 Å². The van der Waals surface area contributed by atoms with Crippen molar-refractivity contribution in [2.45, 2.75) is 39.5 Å². The van der Waals surface area contributed by atoms with Crippen LogP contribution in [-0.4, -0.2) is 51.1 Å². The van der Waals surface area contributed by atoms with E-state index in [-0.39, 0.29) is 11.8 Å². The minimum Gasteiger partial charge on any atom is -0.356 e. The summed E-state index contributed by atoms with van der Waals surface area (Å²) in [5.41, 5.74) is 0. The molecule has 0 atom stereocenters. The summed E-state index contributed by atoms with van der Waals surface area (Å²) in [4.78, 5) is 21.3. The third kappa shape index (κ3) is 16.9. The fourth-order valence-corrected chi connectivity index (χ4v) is 1.89. The number of rotatable bonds is 13. The molecular formula is C14H32N4O2+2. The summed E-state index contributed by atoms with van der Waals surface area (Å²) < 4.78 is 0. The summed E-state index contributed by atoms with van der Waals surface area (Å²) in [5.74, 6) is 0.109. The van der Waals surface area contributed by atoms with Crippen molar-refractivity contribution in [3.63, 3.8) is 0 Å². The second kappa shape index (κ2) is 14.3. The molecule has 0 rings (SSSR count). The average molecular weight is 288 g/mol. The number of hydrogen-bond acceptors (Lipinski definition) is 2. The van der Waals surface area contributed by atoms with E-state index in [9.17, 15) is 9.59 Å². The lowest BCUT2D eigenvalue weighted by Gasteiger charge is -2.04. The van der Waals surface area contributed by atoms with Crippen LogP contribution in [0.4, 0.5) is 0 Å². The number of carbonyl (C=O) groups is 2. The van der Waals surface area contributed by atoms with E-state index in [1.165, 1.54) is 25.9 Å². The highest BCUT2D eigenvalue weighted by Gasteiger charge is 1.96. The first-order chi connectivity index (χ1) is 9.63. The molecule has 6 N–H and O–H groups in total. The Labute approximate surface area is 122 Å². The van der Waals surface area contributed by atoms with Gasteiger partial charge in [0.05, 0.1) is 26.2 Å². The maximum atomic E-state index is 10.6. The van der Waals surface area contributed by atoms with Gasteiger partial charge in [0.2, 0.25) is 11.8 Å². The van der Waals surface area contributed by atoms with Crippen molar-refractivity contribution in [1.82, 2.24) is 10.6 Å². The Hall–Kier alpha value is -1.14. The van der Waals surface area contributed by atoms with Crippen molar-refractivity contribution >= 4 is 11.8 Å². The van der Waals surface area contributed by atoms with Gasteiger partial charge in [-0.05, 0) is 0 Å². The highest BCUT2D eigenvalue weighted by molar-refractivity contribution is 5.72. The zero-order valence-corrected chi connectivity index (χ0v) is 13.0. The third-order valence-corrected chi connectivity index (χ3v) is 2.98. The molecule has 0 aromatic rings. The first-order valence-electron chi connectivity index (χ1n) is 7.75. The zero-order chi connectivity index (χ0) is 15.1. The summed E-state index contributed by atoms with van der Waals surface area (Å²) in [7, 11) is 0. The maximum absolute atomic E-state index is 10.6. The van der Waals surface area contributed by atoms with Crippen LogP contribution in [0.5, 0.6) is 0 Å². The van der Waals surface area contributed by atoms with Crippen LogP contribution in [0.3, 0.4) is 0 Å². The first kappa shape index (κ1) is 18.9. The molecule has 0 aliphatic carbocycles. The number of unbranched alkanes of at least 4 members (excludes halogenated alkanes) is 1. The summed E-state index contributed by atoms with van der Waals surface area (Å²) in [6, 6.07) is 0. The molecule has 6 nitrogen and oxygen atoms in total. The van der Waals surface area contributed by atoms with Crippen LogP contribution in [0.2, 0.25) is 0 Å². The van der Waals surface area contributed by atoms with Gasteiger partial charge in [0, 0.05) is 52.6 Å². The smallest absolute Gasteiger partial charge is 0.216 e. The zero-order valence-electron chi connectivity index (χ0n) is 13.0. The van der Waals surface area contributed by atoms with Crippen molar-refractivity contribution in [2.24, 2.45) is 0 Å². The lowest BCUT2D eigenvalue weighted by atomic mass is 10.3. The van der Waals surface area contributed by atoms with Gasteiger partial charge in [0.25, 0.3) is 0 Å². The van der Waals surface area contributed by atoms with Gasteiger partial charge in [0.15, 0.2) is 0 Å². The first-order valence-corrected chi connectivity index (χ1v) is 7.75. The third-order valence-electron chi connectivity index (χ3n) is 2.98. The van der Waals surface area contributed by atoms with Gasteiger partial charge in [0.1, 0.15) is 0 Å². The molecule has 0 aromatic carbocycles. The minimum atomic E-state index is 0.0547. The monoisotopic (exact) mass is 288 g/mol. The van der Waals surface area contributed by atoms with Crippen LogP contribution < -0.4 is 21.3 Å². The SMILES string of the molecule is CC(=O)NCCC[NH2+]CCCC[NH2+]CCCNC(C)=O. The number of hydrogen-bond donors (Lipinski definition) is 4. The summed E-state index contributed by atoms with van der Waals surface area (Å²) >= 11 is 0. The molecule has 0 saturated carbocycles. The van der Waals surface area contributed by atoms with E-state index in [4.69, 9.17) is 0 Å². The Morgan fingerprint density at radius 2 is 1.05 bits per heavy atom. The maximum Gasteiger partial charge on any atom is 0.216 e. The highest BCUT2D eigenvalue weighted by Crippen LogP contribution is 1.78. The molecule has 0 aromatic heterocycles. The van der Waals surface area contributed by atoms with E-state index in [0.29, 0.717) is 0 Å². The lowest BCUT2D eigenvalue weighted by molar-refractivity contribution is -0.664. The molecule has 0 aliphatic heterocycles. The second-order valence-electron chi connectivity index (χ2n) is 5.11. The van der Waals surface area contributed by atoms with E-state index in [2.05, 4.69) is 21.3 Å². The van der Waals surface area contributed by atoms with E-state index in [0.717, 1.165) is 39.0 Å². The van der Waals surface area contributed by atoms with Crippen molar-refractivity contribution in [2.75, 3.05) is 39.3 Å². The molecule has 0 aliphatic rings. The van der Waals surface area contributed by atoms with Gasteiger partial charge in [-0.2, -0.15) is 0 Å². The molecule has 118 valence electrons. The lowest BCUT2D eigenvalue weighted by Crippen LogP contribution is -2.86. The number of amides is 2. The molecule has 0 bridgehead atoms. The van der Waals surface area contributed by atoms with Crippen LogP contribution in [0, 0.1) is 0 Å². The summed E-state index contributed by atoms with van der Waals surface area (Å²) in [5, 5.41) is 10.2. The Morgan fingerprint density at radius 1 is 0.700 bits per heavy atom. The second-order valence-corrected chi connectivity index (χ2v) is 5.11. The van der Waals surface area contributed by atoms with E-state index < -0.39 is 0 Å². The molecule has 2 amide bonds. The molecule has 0 fully saturated rings. The van der Waals surface area contributed by atoms with Gasteiger partial charge in [-0.1, -0.05) is 0 Å². The van der Waals surface area contributed by atoms with Gasteiger partial charge >= 0.3 is 0 Å². The summed E-state index contributed by atoms with van der Waals surface area (Å²) in [6.07, 6.45) is 4.55. The van der Waals surface area contributed by atoms with E-state index in [1.807, 2.05) is 0 Å². The Morgan fingerprint density at radius 3 is 1.40 bits per heavy atom. The fraction of sp³-hybridized carbons (Fsp3) is 0.857. The number of quaternary nitrogens is 2. The van der Waals surface area contributed by atoms with Crippen LogP contribution in [0.25, 0.3) is 0 Å². The van der Waals surface area contributed by atoms with Crippen molar-refractivity contribution in [3.05, 3.63) is 0 Å². The summed E-state index contributed by atoms with van der Waals surface area (Å²) in [6.45, 7) is 9.18. The van der Waals surface area contributed by atoms with Crippen LogP contribution in [0.15, 0.2) is 0 Å². The quantitative estimate of drug-likeness (QED) is 0.294. The molecule has 0 heterocycles. The van der Waals surface area contributed by atoms with Crippen molar-refractivity contribution < 1.29 is 20.2 Å². The predicted octanol–water partition coefficient (Wildman–Crippen LogP) is -2.05. The predicted molar refractivity (Wildman–Crippen MR) is 79.2 cm³/mol. The van der Waals surface area contributed by atoms with Crippen LogP contribution in [0.1, 0.15) is 39.5 Å². The largest absolute Gasteiger partial charge is 0.356 e. The average Bonchev–Trinajstić information content (AvgIpc) is 2.38. The number of carbonyl (C=O) groups excluding carboxylic acids is 2. The van der Waals surface area contributed by atoms with E-state index in [1.54, 1.807) is 13.8 Å². The fourth-order valence-electron chi connectivity index (χ4n) is 1.89. The Kier molecular flexibility index (Phi) is 13.5. The number of nitrogens with two attached hydrogens (primary N) is 2. The normalized spacial score (nSPS) is 10.3. The molecule has 20 heavy (non-hydrogen) atoms. The minimum absolute atomic E-state index is 0.0547. The highest BCUT2D eigenvalue weighted by atomic mass is 16.1. The molecule has 0 unspecified atom stereocenters. The van der Waals surface area contributed by atoms with Gasteiger partial charge < -0.3 is 21.3 Å². The molecular weight excluding hydrogens is 256 g/mol. The topological polar surface area (TPSA) is 91.4 Å². The number of nitrogens with one attached hydrogen (secondary N) is 2. The van der Waals surface area contributed by atoms with Gasteiger partial charge in [-0.25, -0.2) is 0 Å². The van der Waals surface area contributed by atoms with Gasteiger partial charge in [-0.3, -0.25) is 9.59 Å². The molecule has 6 heteroatoms. The van der Waals surface area contributed by atoms with Crippen molar-refractivity contribution in [3.8, 4) is 0 Å².